The molecule has 2 heterocycles. The Morgan fingerprint density at radius 2 is 2.12 bits per heavy atom. The Labute approximate surface area is 151 Å². The van der Waals surface area contributed by atoms with Crippen LogP contribution in [-0.2, 0) is 9.84 Å². The lowest BCUT2D eigenvalue weighted by Crippen LogP contribution is -2.35. The number of carbonyl (C=O) groups is 1. The standard InChI is InChI=1S/C17H18ClN3O3S/c1-11-15(18)3-2-4-16(11)20-14-7-12(8-19-9-14)17(22)21-13-5-6-25(23,24)10-13/h2-4,7-9,13,20H,5-6,10H2,1H3,(H,21,22). The minimum absolute atomic E-state index is 0.00812. The van der Waals surface area contributed by atoms with E-state index in [0.717, 1.165) is 11.3 Å². The van der Waals surface area contributed by atoms with Crippen molar-refractivity contribution in [3.05, 3.63) is 52.8 Å². The molecule has 0 radical (unpaired) electrons. The quantitative estimate of drug-likeness (QED) is 0.852. The number of rotatable bonds is 4. The van der Waals surface area contributed by atoms with E-state index in [1.807, 2.05) is 19.1 Å². The fraction of sp³-hybridized carbons (Fsp3) is 0.294. The first-order chi connectivity index (χ1) is 11.8. The molecule has 2 aromatic rings. The molecule has 132 valence electrons. The van der Waals surface area contributed by atoms with Gasteiger partial charge in [-0.05, 0) is 37.1 Å². The smallest absolute Gasteiger partial charge is 0.253 e. The molecule has 1 fully saturated rings. The average molecular weight is 380 g/mol. The fourth-order valence-electron chi connectivity index (χ4n) is 2.71. The third-order valence-electron chi connectivity index (χ3n) is 4.11. The Kier molecular flexibility index (Phi) is 4.96. The van der Waals surface area contributed by atoms with Crippen LogP contribution in [0.15, 0.2) is 36.7 Å². The SMILES string of the molecule is Cc1c(Cl)cccc1Nc1cncc(C(=O)NC2CCS(=O)(=O)C2)c1. The number of carbonyl (C=O) groups excluding carboxylic acids is 1. The lowest BCUT2D eigenvalue weighted by atomic mass is 10.2. The molecule has 1 aliphatic rings. The molecule has 0 spiro atoms. The second kappa shape index (κ2) is 7.01. The van der Waals surface area contributed by atoms with Crippen molar-refractivity contribution in [1.82, 2.24) is 10.3 Å². The zero-order valence-electron chi connectivity index (χ0n) is 13.6. The molecule has 1 aromatic heterocycles. The minimum atomic E-state index is -3.04. The van der Waals surface area contributed by atoms with E-state index in [1.165, 1.54) is 6.20 Å². The lowest BCUT2D eigenvalue weighted by molar-refractivity contribution is 0.0941. The Hall–Kier alpha value is -2.12. The molecular formula is C17H18ClN3O3S. The van der Waals surface area contributed by atoms with Crippen LogP contribution in [0.4, 0.5) is 11.4 Å². The van der Waals surface area contributed by atoms with E-state index < -0.39 is 9.84 Å². The maximum Gasteiger partial charge on any atom is 0.253 e. The van der Waals surface area contributed by atoms with Gasteiger partial charge in [-0.3, -0.25) is 9.78 Å². The van der Waals surface area contributed by atoms with Gasteiger partial charge in [0, 0.05) is 22.9 Å². The van der Waals surface area contributed by atoms with E-state index in [-0.39, 0.29) is 23.5 Å². The number of aromatic nitrogens is 1. The van der Waals surface area contributed by atoms with Gasteiger partial charge < -0.3 is 10.6 Å². The van der Waals surface area contributed by atoms with E-state index in [9.17, 15) is 13.2 Å². The van der Waals surface area contributed by atoms with Crippen molar-refractivity contribution in [3.8, 4) is 0 Å². The Bertz CT molecular complexity index is 915. The van der Waals surface area contributed by atoms with Gasteiger partial charge >= 0.3 is 0 Å². The van der Waals surface area contributed by atoms with Crippen LogP contribution in [0.5, 0.6) is 0 Å². The molecule has 8 heteroatoms. The highest BCUT2D eigenvalue weighted by Crippen LogP contribution is 2.26. The summed E-state index contributed by atoms with van der Waals surface area (Å²) >= 11 is 6.11. The first-order valence-corrected chi connectivity index (χ1v) is 10.0. The highest BCUT2D eigenvalue weighted by molar-refractivity contribution is 7.91. The zero-order chi connectivity index (χ0) is 18.0. The third kappa shape index (κ3) is 4.29. The molecule has 1 saturated heterocycles. The molecule has 0 bridgehead atoms. The lowest BCUT2D eigenvalue weighted by Gasteiger charge is -2.13. The van der Waals surface area contributed by atoms with Crippen molar-refractivity contribution in [2.24, 2.45) is 0 Å². The number of halogens is 1. The van der Waals surface area contributed by atoms with Crippen LogP contribution in [-0.4, -0.2) is 36.9 Å². The molecule has 0 aliphatic carbocycles. The maximum atomic E-state index is 12.3. The van der Waals surface area contributed by atoms with Gasteiger partial charge in [0.15, 0.2) is 9.84 Å². The number of nitrogens with one attached hydrogen (secondary N) is 2. The molecule has 1 aliphatic heterocycles. The number of amides is 1. The maximum absolute atomic E-state index is 12.3. The van der Waals surface area contributed by atoms with Gasteiger partial charge in [0.2, 0.25) is 0 Å². The highest BCUT2D eigenvalue weighted by Gasteiger charge is 2.29. The van der Waals surface area contributed by atoms with Crippen LogP contribution >= 0.6 is 11.6 Å². The number of pyridine rings is 1. The summed E-state index contributed by atoms with van der Waals surface area (Å²) in [5.74, 6) is -0.224. The van der Waals surface area contributed by atoms with Crippen LogP contribution in [0.1, 0.15) is 22.3 Å². The van der Waals surface area contributed by atoms with Gasteiger partial charge in [0.1, 0.15) is 0 Å². The van der Waals surface area contributed by atoms with E-state index >= 15 is 0 Å². The summed E-state index contributed by atoms with van der Waals surface area (Å²) in [6, 6.07) is 6.86. The van der Waals surface area contributed by atoms with E-state index in [2.05, 4.69) is 15.6 Å². The molecule has 3 rings (SSSR count). The van der Waals surface area contributed by atoms with Crippen LogP contribution in [0.2, 0.25) is 5.02 Å². The van der Waals surface area contributed by atoms with Crippen LogP contribution in [0, 0.1) is 6.92 Å². The number of benzene rings is 1. The number of nitrogens with zero attached hydrogens (tertiary/aromatic N) is 1. The summed E-state index contributed by atoms with van der Waals surface area (Å²) < 4.78 is 23.0. The molecule has 2 N–H and O–H groups in total. The summed E-state index contributed by atoms with van der Waals surface area (Å²) in [6.07, 6.45) is 3.51. The first-order valence-electron chi connectivity index (χ1n) is 7.82. The predicted octanol–water partition coefficient (Wildman–Crippen LogP) is 2.70. The van der Waals surface area contributed by atoms with Gasteiger partial charge in [0.05, 0.1) is 29.0 Å². The van der Waals surface area contributed by atoms with Crippen molar-refractivity contribution in [1.29, 1.82) is 0 Å². The fourth-order valence-corrected chi connectivity index (χ4v) is 4.56. The molecule has 6 nitrogen and oxygen atoms in total. The zero-order valence-corrected chi connectivity index (χ0v) is 15.2. The number of hydrogen-bond donors (Lipinski definition) is 2. The molecule has 1 unspecified atom stereocenters. The summed E-state index contributed by atoms with van der Waals surface area (Å²) in [4.78, 5) is 16.4. The van der Waals surface area contributed by atoms with Gasteiger partial charge in [-0.15, -0.1) is 0 Å². The summed E-state index contributed by atoms with van der Waals surface area (Å²) in [5.41, 5.74) is 2.75. The molecule has 25 heavy (non-hydrogen) atoms. The highest BCUT2D eigenvalue weighted by atomic mass is 35.5. The number of hydrogen-bond acceptors (Lipinski definition) is 5. The topological polar surface area (TPSA) is 88.2 Å². The second-order valence-corrected chi connectivity index (χ2v) is 8.71. The van der Waals surface area contributed by atoms with Gasteiger partial charge in [-0.1, -0.05) is 17.7 Å². The summed E-state index contributed by atoms with van der Waals surface area (Å²) in [7, 11) is -3.04. The Balaban J connectivity index is 1.73. The number of anilines is 2. The molecular weight excluding hydrogens is 362 g/mol. The van der Waals surface area contributed by atoms with Gasteiger partial charge in [0.25, 0.3) is 5.91 Å². The van der Waals surface area contributed by atoms with E-state index in [1.54, 1.807) is 18.3 Å². The molecule has 1 aromatic carbocycles. The van der Waals surface area contributed by atoms with Crippen molar-refractivity contribution in [2.75, 3.05) is 16.8 Å². The Morgan fingerprint density at radius 3 is 2.84 bits per heavy atom. The average Bonchev–Trinajstić information content (AvgIpc) is 2.91. The molecule has 1 amide bonds. The van der Waals surface area contributed by atoms with E-state index in [0.29, 0.717) is 22.7 Å². The normalized spacial score (nSPS) is 18.7. The van der Waals surface area contributed by atoms with Crippen molar-refractivity contribution >= 4 is 38.7 Å². The summed E-state index contributed by atoms with van der Waals surface area (Å²) in [5, 5.41) is 6.60. The predicted molar refractivity (Wildman–Crippen MR) is 98.2 cm³/mol. The largest absolute Gasteiger partial charge is 0.354 e. The monoisotopic (exact) mass is 379 g/mol. The first kappa shape index (κ1) is 17.7. The third-order valence-corrected chi connectivity index (χ3v) is 6.29. The van der Waals surface area contributed by atoms with E-state index in [4.69, 9.17) is 11.6 Å². The molecule has 1 atom stereocenters. The van der Waals surface area contributed by atoms with Gasteiger partial charge in [-0.25, -0.2) is 8.42 Å². The number of sulfone groups is 1. The van der Waals surface area contributed by atoms with Gasteiger partial charge in [-0.2, -0.15) is 0 Å². The van der Waals surface area contributed by atoms with Crippen LogP contribution in [0.25, 0.3) is 0 Å². The Morgan fingerprint density at radius 1 is 1.32 bits per heavy atom. The second-order valence-electron chi connectivity index (χ2n) is 6.07. The van der Waals surface area contributed by atoms with Crippen molar-refractivity contribution in [3.63, 3.8) is 0 Å². The summed E-state index contributed by atoms with van der Waals surface area (Å²) in [6.45, 7) is 1.90. The molecule has 0 saturated carbocycles. The van der Waals surface area contributed by atoms with Crippen molar-refractivity contribution in [2.45, 2.75) is 19.4 Å². The minimum Gasteiger partial charge on any atom is -0.354 e. The van der Waals surface area contributed by atoms with Crippen molar-refractivity contribution < 1.29 is 13.2 Å². The van der Waals surface area contributed by atoms with Crippen LogP contribution in [0.3, 0.4) is 0 Å². The van der Waals surface area contributed by atoms with Crippen LogP contribution < -0.4 is 10.6 Å².